The Bertz CT molecular complexity index is 1100. The van der Waals surface area contributed by atoms with Crippen LogP contribution in [0.25, 0.3) is 11.6 Å². The molecule has 2 aromatic heterocycles. The number of rotatable bonds is 3. The van der Waals surface area contributed by atoms with E-state index in [9.17, 15) is 18.0 Å². The average molecular weight is 451 g/mol. The van der Waals surface area contributed by atoms with Gasteiger partial charge in [0.2, 0.25) is 5.82 Å². The Morgan fingerprint density at radius 2 is 1.94 bits per heavy atom. The molecule has 1 aliphatic heterocycles. The molecule has 0 bridgehead atoms. The van der Waals surface area contributed by atoms with Crippen LogP contribution in [0.3, 0.4) is 0 Å². The van der Waals surface area contributed by atoms with Crippen molar-refractivity contribution in [1.82, 2.24) is 29.6 Å². The quantitative estimate of drug-likeness (QED) is 0.605. The van der Waals surface area contributed by atoms with Crippen LogP contribution in [0.5, 0.6) is 0 Å². The van der Waals surface area contributed by atoms with Gasteiger partial charge < -0.3 is 9.47 Å². The van der Waals surface area contributed by atoms with Crippen molar-refractivity contribution < 1.29 is 18.0 Å². The van der Waals surface area contributed by atoms with Crippen molar-refractivity contribution in [2.45, 2.75) is 38.0 Å². The van der Waals surface area contributed by atoms with Crippen molar-refractivity contribution in [1.29, 1.82) is 0 Å². The summed E-state index contributed by atoms with van der Waals surface area (Å²) in [5.74, 6) is 1.08. The monoisotopic (exact) mass is 450 g/mol. The van der Waals surface area contributed by atoms with Crippen LogP contribution >= 0.6 is 11.6 Å². The third kappa shape index (κ3) is 4.12. The van der Waals surface area contributed by atoms with Gasteiger partial charge in [0, 0.05) is 38.4 Å². The first-order valence-corrected chi connectivity index (χ1v) is 9.97. The van der Waals surface area contributed by atoms with Gasteiger partial charge >= 0.3 is 6.18 Å². The van der Waals surface area contributed by atoms with Gasteiger partial charge in [-0.15, -0.1) is 10.2 Å². The summed E-state index contributed by atoms with van der Waals surface area (Å²) in [5, 5.41) is 7.83. The SMILES string of the molecule is CN(C(=O)c1cccc(C(F)(F)F)c1Cl)[C@H]1CCCc2nnc(-c3ncccn3)n2C1. The first kappa shape index (κ1) is 21.2. The molecular formula is C20H18ClF3N6O. The maximum absolute atomic E-state index is 13.2. The maximum Gasteiger partial charge on any atom is 0.417 e. The van der Waals surface area contributed by atoms with Crippen LogP contribution in [-0.4, -0.2) is 48.6 Å². The first-order valence-electron chi connectivity index (χ1n) is 9.59. The smallest absolute Gasteiger partial charge is 0.337 e. The van der Waals surface area contributed by atoms with Gasteiger partial charge in [-0.2, -0.15) is 13.2 Å². The predicted molar refractivity (Wildman–Crippen MR) is 106 cm³/mol. The molecule has 4 rings (SSSR count). The summed E-state index contributed by atoms with van der Waals surface area (Å²) in [7, 11) is 1.57. The zero-order chi connectivity index (χ0) is 22.2. The molecule has 0 saturated carbocycles. The molecule has 0 spiro atoms. The molecule has 0 saturated heterocycles. The van der Waals surface area contributed by atoms with Gasteiger partial charge in [0.25, 0.3) is 5.91 Å². The van der Waals surface area contributed by atoms with Crippen LogP contribution in [-0.2, 0) is 19.1 Å². The molecule has 162 valence electrons. The molecule has 0 radical (unpaired) electrons. The van der Waals surface area contributed by atoms with Crippen LogP contribution in [0.1, 0.15) is 34.6 Å². The largest absolute Gasteiger partial charge is 0.417 e. The predicted octanol–water partition coefficient (Wildman–Crippen LogP) is 3.88. The number of halogens is 4. The van der Waals surface area contributed by atoms with Gasteiger partial charge in [-0.25, -0.2) is 9.97 Å². The number of hydrogen-bond donors (Lipinski definition) is 0. The summed E-state index contributed by atoms with van der Waals surface area (Å²) in [6.45, 7) is 0.370. The van der Waals surface area contributed by atoms with Gasteiger partial charge in [0.15, 0.2) is 5.82 Å². The number of hydrogen-bond acceptors (Lipinski definition) is 5. The number of carbonyl (C=O) groups excluding carboxylic acids is 1. The molecule has 0 N–H and O–H groups in total. The van der Waals surface area contributed by atoms with Crippen LogP contribution in [0, 0.1) is 0 Å². The van der Waals surface area contributed by atoms with Gasteiger partial charge in [0.1, 0.15) is 5.82 Å². The number of aromatic nitrogens is 5. The number of likely N-dealkylation sites (N-methyl/N-ethyl adjacent to an activating group) is 1. The first-order chi connectivity index (χ1) is 14.8. The molecule has 3 aromatic rings. The van der Waals surface area contributed by atoms with Crippen LogP contribution in [0.4, 0.5) is 13.2 Å². The standard InChI is InChI=1S/C20H18ClF3N6O/c1-29(19(31)13-6-3-7-14(16(13)21)20(22,23)24)12-5-2-8-15-27-28-18(30(15)11-12)17-25-9-4-10-26-17/h3-4,6-7,9-10,12H,2,5,8,11H2,1H3/t12-/m0/s1. The highest BCUT2D eigenvalue weighted by Gasteiger charge is 2.36. The van der Waals surface area contributed by atoms with Crippen molar-refractivity contribution in [2.24, 2.45) is 0 Å². The number of fused-ring (bicyclic) bond motifs is 1. The highest BCUT2D eigenvalue weighted by molar-refractivity contribution is 6.34. The van der Waals surface area contributed by atoms with E-state index in [1.165, 1.54) is 17.0 Å². The van der Waals surface area contributed by atoms with Crippen molar-refractivity contribution in [3.05, 3.63) is 58.6 Å². The fraction of sp³-hybridized carbons (Fsp3) is 0.350. The lowest BCUT2D eigenvalue weighted by Crippen LogP contribution is -2.39. The van der Waals surface area contributed by atoms with Crippen LogP contribution in [0.15, 0.2) is 36.7 Å². The molecule has 1 aliphatic rings. The van der Waals surface area contributed by atoms with Gasteiger partial charge in [0.05, 0.1) is 16.1 Å². The molecule has 0 aliphatic carbocycles. The lowest BCUT2D eigenvalue weighted by atomic mass is 10.1. The maximum atomic E-state index is 13.2. The van der Waals surface area contributed by atoms with Gasteiger partial charge in [-0.3, -0.25) is 4.79 Å². The minimum absolute atomic E-state index is 0.182. The van der Waals surface area contributed by atoms with Crippen molar-refractivity contribution >= 4 is 17.5 Å². The Kier molecular flexibility index (Phi) is 5.65. The van der Waals surface area contributed by atoms with E-state index < -0.39 is 22.7 Å². The summed E-state index contributed by atoms with van der Waals surface area (Å²) in [6.07, 6.45) is 0.607. The molecular weight excluding hydrogens is 433 g/mol. The highest BCUT2D eigenvalue weighted by atomic mass is 35.5. The number of carbonyl (C=O) groups is 1. The molecule has 11 heteroatoms. The van der Waals surface area contributed by atoms with E-state index in [2.05, 4.69) is 20.2 Å². The molecule has 1 aromatic carbocycles. The van der Waals surface area contributed by atoms with E-state index in [-0.39, 0.29) is 11.6 Å². The van der Waals surface area contributed by atoms with E-state index in [1.54, 1.807) is 25.5 Å². The Hall–Kier alpha value is -3.01. The van der Waals surface area contributed by atoms with Crippen molar-refractivity contribution in [2.75, 3.05) is 7.05 Å². The van der Waals surface area contributed by atoms with E-state index in [4.69, 9.17) is 11.6 Å². The van der Waals surface area contributed by atoms with E-state index in [1.807, 2.05) is 4.57 Å². The Morgan fingerprint density at radius 3 is 2.65 bits per heavy atom. The topological polar surface area (TPSA) is 76.8 Å². The lowest BCUT2D eigenvalue weighted by Gasteiger charge is -2.28. The van der Waals surface area contributed by atoms with Crippen LogP contribution < -0.4 is 0 Å². The second kappa shape index (κ2) is 8.26. The molecule has 0 unspecified atom stereocenters. The number of aryl methyl sites for hydroxylation is 1. The van der Waals surface area contributed by atoms with E-state index in [0.717, 1.165) is 18.3 Å². The zero-order valence-corrected chi connectivity index (χ0v) is 17.2. The number of benzene rings is 1. The average Bonchev–Trinajstić information content (AvgIpc) is 3.02. The second-order valence-corrected chi connectivity index (χ2v) is 7.63. The third-order valence-electron chi connectivity index (χ3n) is 5.33. The highest BCUT2D eigenvalue weighted by Crippen LogP contribution is 2.36. The van der Waals surface area contributed by atoms with Crippen LogP contribution in [0.2, 0.25) is 5.02 Å². The lowest BCUT2D eigenvalue weighted by molar-refractivity contribution is -0.137. The molecule has 3 heterocycles. The summed E-state index contributed by atoms with van der Waals surface area (Å²) < 4.78 is 41.5. The minimum Gasteiger partial charge on any atom is -0.337 e. The normalized spacial score (nSPS) is 16.5. The second-order valence-electron chi connectivity index (χ2n) is 7.25. The fourth-order valence-electron chi connectivity index (χ4n) is 3.68. The Labute approximate surface area is 180 Å². The summed E-state index contributed by atoms with van der Waals surface area (Å²) >= 11 is 5.96. The zero-order valence-electron chi connectivity index (χ0n) is 16.5. The number of amides is 1. The minimum atomic E-state index is -4.64. The Morgan fingerprint density at radius 1 is 1.19 bits per heavy atom. The summed E-state index contributed by atoms with van der Waals surface area (Å²) in [6, 6.07) is 4.75. The molecule has 31 heavy (non-hydrogen) atoms. The third-order valence-corrected chi connectivity index (χ3v) is 5.73. The van der Waals surface area contributed by atoms with E-state index >= 15 is 0 Å². The molecule has 7 nitrogen and oxygen atoms in total. The Balaban J connectivity index is 1.63. The molecule has 1 amide bonds. The summed E-state index contributed by atoms with van der Waals surface area (Å²) in [4.78, 5) is 22.9. The van der Waals surface area contributed by atoms with Gasteiger partial charge in [-0.05, 0) is 31.0 Å². The van der Waals surface area contributed by atoms with Crippen molar-refractivity contribution in [3.8, 4) is 11.6 Å². The summed E-state index contributed by atoms with van der Waals surface area (Å²) in [5.41, 5.74) is -1.21. The molecule has 1 atom stereocenters. The molecule has 0 fully saturated rings. The van der Waals surface area contributed by atoms with Crippen molar-refractivity contribution in [3.63, 3.8) is 0 Å². The number of alkyl halides is 3. The van der Waals surface area contributed by atoms with Gasteiger partial charge in [-0.1, -0.05) is 17.7 Å². The number of nitrogens with zero attached hydrogens (tertiary/aromatic N) is 6. The van der Waals surface area contributed by atoms with E-state index in [0.29, 0.717) is 31.0 Å². The fourth-order valence-corrected chi connectivity index (χ4v) is 3.99.